The van der Waals surface area contributed by atoms with Crippen LogP contribution in [0, 0.1) is 0 Å². The zero-order chi connectivity index (χ0) is 20.8. The first-order valence-corrected chi connectivity index (χ1v) is 9.67. The summed E-state index contributed by atoms with van der Waals surface area (Å²) < 4.78 is 10.8. The van der Waals surface area contributed by atoms with Crippen molar-refractivity contribution in [2.75, 3.05) is 32.6 Å². The third-order valence-corrected chi connectivity index (χ3v) is 5.24. The maximum Gasteiger partial charge on any atom is 0.248 e. The normalized spacial score (nSPS) is 16.4. The smallest absolute Gasteiger partial charge is 0.248 e. The molecule has 7 nitrogen and oxygen atoms in total. The first-order chi connectivity index (χ1) is 14.0. The summed E-state index contributed by atoms with van der Waals surface area (Å²) in [6, 6.07) is 12.7. The fraction of sp³-hybridized carbons (Fsp3) is 0.364. The highest BCUT2D eigenvalue weighted by atomic mass is 16.5. The molecule has 1 aliphatic rings. The second kappa shape index (κ2) is 9.43. The van der Waals surface area contributed by atoms with Gasteiger partial charge < -0.3 is 20.5 Å². The summed E-state index contributed by atoms with van der Waals surface area (Å²) in [4.78, 5) is 25.8. The highest BCUT2D eigenvalue weighted by molar-refractivity contribution is 5.94. The molecule has 1 atom stereocenters. The van der Waals surface area contributed by atoms with E-state index in [1.807, 2.05) is 18.2 Å². The lowest BCUT2D eigenvalue weighted by Gasteiger charge is -2.26. The molecule has 0 aliphatic carbocycles. The molecule has 3 rings (SSSR count). The Kier molecular flexibility index (Phi) is 6.72. The third-order valence-electron chi connectivity index (χ3n) is 5.24. The van der Waals surface area contributed by atoms with Crippen molar-refractivity contribution in [3.05, 3.63) is 53.6 Å². The molecule has 0 spiro atoms. The average molecular weight is 397 g/mol. The largest absolute Gasteiger partial charge is 0.497 e. The number of hydrogen-bond donors (Lipinski definition) is 2. The maximum absolute atomic E-state index is 12.4. The summed E-state index contributed by atoms with van der Waals surface area (Å²) in [5.41, 5.74) is 7.41. The van der Waals surface area contributed by atoms with Gasteiger partial charge in [0.2, 0.25) is 11.8 Å². The number of anilines is 1. The van der Waals surface area contributed by atoms with Crippen molar-refractivity contribution in [2.24, 2.45) is 5.73 Å². The number of hydrogen-bond acceptors (Lipinski definition) is 5. The van der Waals surface area contributed by atoms with Gasteiger partial charge in [0.1, 0.15) is 11.5 Å². The minimum atomic E-state index is -0.489. The Morgan fingerprint density at radius 1 is 1.14 bits per heavy atom. The number of nitrogens with zero attached hydrogens (tertiary/aromatic N) is 1. The molecule has 29 heavy (non-hydrogen) atoms. The van der Waals surface area contributed by atoms with Crippen molar-refractivity contribution in [3.63, 3.8) is 0 Å². The summed E-state index contributed by atoms with van der Waals surface area (Å²) in [5.74, 6) is 1.01. The number of methoxy groups -OCH3 is 2. The number of nitrogens with two attached hydrogens (primary N) is 1. The van der Waals surface area contributed by atoms with Gasteiger partial charge in [0, 0.05) is 41.9 Å². The lowest BCUT2D eigenvalue weighted by molar-refractivity contribution is -0.116. The minimum absolute atomic E-state index is 0.0656. The number of rotatable bonds is 8. The lowest BCUT2D eigenvalue weighted by atomic mass is 10.0. The Morgan fingerprint density at radius 2 is 1.90 bits per heavy atom. The molecule has 0 saturated carbocycles. The van der Waals surface area contributed by atoms with E-state index in [0.717, 1.165) is 36.4 Å². The summed E-state index contributed by atoms with van der Waals surface area (Å²) >= 11 is 0. The van der Waals surface area contributed by atoms with Gasteiger partial charge in [0.15, 0.2) is 0 Å². The number of primary amides is 1. The third kappa shape index (κ3) is 5.06. The molecule has 3 N–H and O–H groups in total. The number of benzene rings is 2. The van der Waals surface area contributed by atoms with Crippen LogP contribution in [-0.4, -0.2) is 44.0 Å². The van der Waals surface area contributed by atoms with E-state index in [2.05, 4.69) is 10.2 Å². The Balaban J connectivity index is 1.59. The predicted octanol–water partition coefficient (Wildman–Crippen LogP) is 2.97. The molecule has 0 aromatic heterocycles. The highest BCUT2D eigenvalue weighted by Gasteiger charge is 2.28. The van der Waals surface area contributed by atoms with Crippen molar-refractivity contribution < 1.29 is 19.1 Å². The lowest BCUT2D eigenvalue weighted by Crippen LogP contribution is -2.28. The van der Waals surface area contributed by atoms with Gasteiger partial charge in [-0.25, -0.2) is 0 Å². The van der Waals surface area contributed by atoms with Crippen molar-refractivity contribution in [3.8, 4) is 11.5 Å². The van der Waals surface area contributed by atoms with Gasteiger partial charge in [0.25, 0.3) is 0 Å². The Bertz CT molecular complexity index is 867. The molecule has 2 aromatic rings. The fourth-order valence-corrected chi connectivity index (χ4v) is 3.73. The molecule has 2 amide bonds. The highest BCUT2D eigenvalue weighted by Crippen LogP contribution is 2.38. The number of carbonyl (C=O) groups excluding carboxylic acids is 2. The molecular weight excluding hydrogens is 370 g/mol. The molecule has 1 unspecified atom stereocenters. The quantitative estimate of drug-likeness (QED) is 0.714. The van der Waals surface area contributed by atoms with Gasteiger partial charge in [-0.2, -0.15) is 0 Å². The van der Waals surface area contributed by atoms with E-state index in [4.69, 9.17) is 15.2 Å². The fourth-order valence-electron chi connectivity index (χ4n) is 3.73. The summed E-state index contributed by atoms with van der Waals surface area (Å²) in [6.45, 7) is 1.60. The van der Waals surface area contributed by atoms with Crippen LogP contribution in [0.4, 0.5) is 5.69 Å². The predicted molar refractivity (Wildman–Crippen MR) is 111 cm³/mol. The molecule has 1 heterocycles. The van der Waals surface area contributed by atoms with Crippen LogP contribution in [0.15, 0.2) is 42.5 Å². The van der Waals surface area contributed by atoms with Crippen LogP contribution in [0.5, 0.6) is 11.5 Å². The monoisotopic (exact) mass is 397 g/mol. The number of likely N-dealkylation sites (tertiary alicyclic amines) is 1. The van der Waals surface area contributed by atoms with E-state index >= 15 is 0 Å². The van der Waals surface area contributed by atoms with Crippen LogP contribution in [0.3, 0.4) is 0 Å². The standard InChI is InChI=1S/C22H27N3O4/c1-28-17-9-10-18(20(14-17)29-2)19-4-3-12-25(19)13-11-21(26)24-16-7-5-15(6-8-16)22(23)27/h5-10,14,19H,3-4,11-13H2,1-2H3,(H2,23,27)(H,24,26). The number of amides is 2. The molecule has 1 aliphatic heterocycles. The number of nitrogens with one attached hydrogen (secondary N) is 1. The SMILES string of the molecule is COc1ccc(C2CCCN2CCC(=O)Nc2ccc(C(N)=O)cc2)c(OC)c1. The van der Waals surface area contributed by atoms with Gasteiger partial charge in [-0.3, -0.25) is 14.5 Å². The molecule has 1 saturated heterocycles. The van der Waals surface area contributed by atoms with Gasteiger partial charge in [0.05, 0.1) is 14.2 Å². The van der Waals surface area contributed by atoms with E-state index in [0.29, 0.717) is 24.2 Å². The van der Waals surface area contributed by atoms with Gasteiger partial charge >= 0.3 is 0 Å². The van der Waals surface area contributed by atoms with Crippen LogP contribution >= 0.6 is 0 Å². The van der Waals surface area contributed by atoms with E-state index in [-0.39, 0.29) is 11.9 Å². The van der Waals surface area contributed by atoms with Gasteiger partial charge in [-0.05, 0) is 49.7 Å². The van der Waals surface area contributed by atoms with Crippen LogP contribution in [0.25, 0.3) is 0 Å². The van der Waals surface area contributed by atoms with Crippen LogP contribution in [0.2, 0.25) is 0 Å². The van der Waals surface area contributed by atoms with Crippen molar-refractivity contribution >= 4 is 17.5 Å². The second-order valence-electron chi connectivity index (χ2n) is 7.04. The number of ether oxygens (including phenoxy) is 2. The van der Waals surface area contributed by atoms with Gasteiger partial charge in [-0.15, -0.1) is 0 Å². The van der Waals surface area contributed by atoms with Gasteiger partial charge in [-0.1, -0.05) is 6.07 Å². The minimum Gasteiger partial charge on any atom is -0.497 e. The average Bonchev–Trinajstić information content (AvgIpc) is 3.20. The first-order valence-electron chi connectivity index (χ1n) is 9.67. The summed E-state index contributed by atoms with van der Waals surface area (Å²) in [7, 11) is 3.30. The molecular formula is C22H27N3O4. The summed E-state index contributed by atoms with van der Waals surface area (Å²) in [6.07, 6.45) is 2.49. The zero-order valence-electron chi connectivity index (χ0n) is 16.8. The molecule has 154 valence electrons. The van der Waals surface area contributed by atoms with E-state index in [9.17, 15) is 9.59 Å². The topological polar surface area (TPSA) is 93.9 Å². The Labute approximate surface area is 170 Å². The van der Waals surface area contributed by atoms with E-state index in [1.54, 1.807) is 38.5 Å². The number of carbonyl (C=O) groups is 2. The van der Waals surface area contributed by atoms with Crippen LogP contribution < -0.4 is 20.5 Å². The van der Waals surface area contributed by atoms with Crippen LogP contribution in [0.1, 0.15) is 41.2 Å². The maximum atomic E-state index is 12.4. The second-order valence-corrected chi connectivity index (χ2v) is 7.04. The van der Waals surface area contributed by atoms with E-state index < -0.39 is 5.91 Å². The van der Waals surface area contributed by atoms with Crippen LogP contribution in [-0.2, 0) is 4.79 Å². The van der Waals surface area contributed by atoms with Crippen molar-refractivity contribution in [1.82, 2.24) is 4.90 Å². The Morgan fingerprint density at radius 3 is 2.55 bits per heavy atom. The molecule has 0 radical (unpaired) electrons. The Hall–Kier alpha value is -3.06. The van der Waals surface area contributed by atoms with E-state index in [1.165, 1.54) is 0 Å². The zero-order valence-corrected chi connectivity index (χ0v) is 16.8. The first kappa shape index (κ1) is 20.7. The van der Waals surface area contributed by atoms with Crippen molar-refractivity contribution in [1.29, 1.82) is 0 Å². The molecule has 7 heteroatoms. The molecule has 2 aromatic carbocycles. The van der Waals surface area contributed by atoms with Crippen molar-refractivity contribution in [2.45, 2.75) is 25.3 Å². The molecule has 1 fully saturated rings. The summed E-state index contributed by atoms with van der Waals surface area (Å²) in [5, 5.41) is 2.87. The molecule has 0 bridgehead atoms.